The third-order valence-electron chi connectivity index (χ3n) is 10.5. The van der Waals surface area contributed by atoms with E-state index >= 15 is 0 Å². The lowest BCUT2D eigenvalue weighted by molar-refractivity contribution is 0.585. The molecule has 0 aliphatic rings. The van der Waals surface area contributed by atoms with E-state index < -0.39 is 0 Å². The van der Waals surface area contributed by atoms with E-state index in [1.165, 1.54) is 61.3 Å². The zero-order chi connectivity index (χ0) is 39.2. The maximum absolute atomic E-state index is 3.97. The van der Waals surface area contributed by atoms with Crippen LogP contribution in [-0.2, 0) is 21.7 Å². The van der Waals surface area contributed by atoms with E-state index in [0.717, 1.165) is 15.8 Å². The van der Waals surface area contributed by atoms with Crippen LogP contribution in [0.5, 0.6) is 0 Å². The molecule has 54 heavy (non-hydrogen) atoms. The topological polar surface area (TPSA) is 3.24 Å². The number of anilines is 3. The Morgan fingerprint density at radius 3 is 1.33 bits per heavy atom. The van der Waals surface area contributed by atoms with Gasteiger partial charge in [0.05, 0.1) is 5.69 Å². The van der Waals surface area contributed by atoms with Crippen molar-refractivity contribution in [3.8, 4) is 33.4 Å². The Morgan fingerprint density at radius 1 is 0.370 bits per heavy atom. The Kier molecular flexibility index (Phi) is 10.7. The van der Waals surface area contributed by atoms with Gasteiger partial charge in [-0.25, -0.2) is 0 Å². The van der Waals surface area contributed by atoms with Crippen LogP contribution in [0.2, 0.25) is 0 Å². The highest BCUT2D eigenvalue weighted by molar-refractivity contribution is 9.10. The molecule has 0 saturated carbocycles. The Bertz CT molecular complexity index is 2190. The molecule has 0 spiro atoms. The van der Waals surface area contributed by atoms with E-state index in [1.807, 2.05) is 0 Å². The van der Waals surface area contributed by atoms with Gasteiger partial charge in [-0.2, -0.15) is 0 Å². The van der Waals surface area contributed by atoms with E-state index in [0.29, 0.717) is 0 Å². The average Bonchev–Trinajstić information content (AvgIpc) is 3.10. The molecule has 0 bridgehead atoms. The largest absolute Gasteiger partial charge is 0.309 e. The normalized spacial score (nSPS) is 12.5. The maximum atomic E-state index is 3.97. The number of rotatable bonds is 6. The Morgan fingerprint density at radius 2 is 0.833 bits per heavy atom. The van der Waals surface area contributed by atoms with Gasteiger partial charge in [0.15, 0.2) is 0 Å². The van der Waals surface area contributed by atoms with Crippen molar-refractivity contribution in [2.24, 2.45) is 0 Å². The zero-order valence-electron chi connectivity index (χ0n) is 34.5. The molecule has 0 heterocycles. The molecule has 6 aromatic rings. The average molecular weight is 777 g/mol. The predicted molar refractivity (Wildman–Crippen MR) is 240 cm³/mol. The highest BCUT2D eigenvalue weighted by atomic mass is 79.9. The summed E-state index contributed by atoms with van der Waals surface area (Å²) in [5.41, 5.74) is 15.8. The summed E-state index contributed by atoms with van der Waals surface area (Å²) in [4.78, 5) is 2.53. The van der Waals surface area contributed by atoms with E-state index in [-0.39, 0.29) is 21.7 Å². The quantitative estimate of drug-likeness (QED) is 0.163. The molecule has 0 N–H and O–H groups in total. The SMILES string of the molecule is CC(C)(C)c1cc(Br)cc(N(c2ccc(-c3ccccc3C(C)(C)C)c(C(C)(C)C)c2)c2c(-c3ccccc3)cc(C(C)(C)C)cc2-c2ccccc2)c1. The maximum Gasteiger partial charge on any atom is 0.0618 e. The molecule has 0 unspecified atom stereocenters. The van der Waals surface area contributed by atoms with Crippen molar-refractivity contribution in [2.75, 3.05) is 4.90 Å². The minimum atomic E-state index is -0.129. The minimum absolute atomic E-state index is 0.0000964. The number of hydrogen-bond acceptors (Lipinski definition) is 1. The Labute approximate surface area is 334 Å². The summed E-state index contributed by atoms with van der Waals surface area (Å²) in [7, 11) is 0. The molecule has 0 amide bonds. The number of halogens is 1. The van der Waals surface area contributed by atoms with Crippen molar-refractivity contribution < 1.29 is 0 Å². The lowest BCUT2D eigenvalue weighted by Crippen LogP contribution is -2.20. The van der Waals surface area contributed by atoms with Gasteiger partial charge in [-0.3, -0.25) is 0 Å². The molecule has 0 aliphatic carbocycles. The first-order chi connectivity index (χ1) is 25.2. The first kappa shape index (κ1) is 39.3. The summed E-state index contributed by atoms with van der Waals surface area (Å²) in [6, 6.07) is 49.9. The van der Waals surface area contributed by atoms with Gasteiger partial charge < -0.3 is 4.90 Å². The molecule has 6 aromatic carbocycles. The summed E-state index contributed by atoms with van der Waals surface area (Å²) in [6.07, 6.45) is 0. The fourth-order valence-corrected chi connectivity index (χ4v) is 7.91. The van der Waals surface area contributed by atoms with E-state index in [4.69, 9.17) is 0 Å². The van der Waals surface area contributed by atoms with Gasteiger partial charge in [0.25, 0.3) is 0 Å². The molecule has 2 heteroatoms. The van der Waals surface area contributed by atoms with Crippen molar-refractivity contribution in [1.29, 1.82) is 0 Å². The summed E-state index contributed by atoms with van der Waals surface area (Å²) in [5, 5.41) is 0. The predicted octanol–water partition coefficient (Wildman–Crippen LogP) is 16.1. The van der Waals surface area contributed by atoms with Gasteiger partial charge in [-0.15, -0.1) is 0 Å². The van der Waals surface area contributed by atoms with E-state index in [9.17, 15) is 0 Å². The molecular formula is C52H58BrN. The molecule has 0 fully saturated rings. The number of nitrogens with zero attached hydrogens (tertiary/aromatic N) is 1. The molecule has 6 rings (SSSR count). The second-order valence-corrected chi connectivity index (χ2v) is 19.9. The van der Waals surface area contributed by atoms with Crippen LogP contribution < -0.4 is 4.90 Å². The fourth-order valence-electron chi connectivity index (χ4n) is 7.43. The molecule has 0 aliphatic heterocycles. The second-order valence-electron chi connectivity index (χ2n) is 19.0. The molecule has 0 saturated heterocycles. The molecule has 1 nitrogen and oxygen atoms in total. The zero-order valence-corrected chi connectivity index (χ0v) is 36.1. The molecule has 278 valence electrons. The van der Waals surface area contributed by atoms with Gasteiger partial charge in [0, 0.05) is 27.0 Å². The van der Waals surface area contributed by atoms with E-state index in [1.54, 1.807) is 0 Å². The van der Waals surface area contributed by atoms with Crippen LogP contribution in [0.1, 0.15) is 105 Å². The van der Waals surface area contributed by atoms with Crippen LogP contribution >= 0.6 is 15.9 Å². The summed E-state index contributed by atoms with van der Waals surface area (Å²) >= 11 is 3.97. The third-order valence-corrected chi connectivity index (χ3v) is 10.9. The molecule has 0 radical (unpaired) electrons. The van der Waals surface area contributed by atoms with Crippen molar-refractivity contribution >= 4 is 33.0 Å². The summed E-state index contributed by atoms with van der Waals surface area (Å²) in [6.45, 7) is 27.8. The highest BCUT2D eigenvalue weighted by Crippen LogP contribution is 2.51. The lowest BCUT2D eigenvalue weighted by atomic mass is 9.76. The lowest BCUT2D eigenvalue weighted by Gasteiger charge is -2.35. The van der Waals surface area contributed by atoms with Gasteiger partial charge >= 0.3 is 0 Å². The number of hydrogen-bond donors (Lipinski definition) is 0. The van der Waals surface area contributed by atoms with Crippen LogP contribution in [0.4, 0.5) is 17.1 Å². The molecule has 0 aromatic heterocycles. The van der Waals surface area contributed by atoms with Gasteiger partial charge in [-0.05, 0) is 109 Å². The highest BCUT2D eigenvalue weighted by Gasteiger charge is 2.30. The van der Waals surface area contributed by atoms with E-state index in [2.05, 4.69) is 237 Å². The smallest absolute Gasteiger partial charge is 0.0618 e. The summed E-state index contributed by atoms with van der Waals surface area (Å²) < 4.78 is 1.07. The van der Waals surface area contributed by atoms with Gasteiger partial charge in [0.2, 0.25) is 0 Å². The fraction of sp³-hybridized carbons (Fsp3) is 0.308. The summed E-state index contributed by atoms with van der Waals surface area (Å²) in [5.74, 6) is 0. The number of benzene rings is 6. The van der Waals surface area contributed by atoms with Gasteiger partial charge in [-0.1, -0.05) is 190 Å². The minimum Gasteiger partial charge on any atom is -0.309 e. The molecule has 0 atom stereocenters. The van der Waals surface area contributed by atoms with Crippen LogP contribution in [0.3, 0.4) is 0 Å². The Hall–Kier alpha value is -4.40. The monoisotopic (exact) mass is 775 g/mol. The van der Waals surface area contributed by atoms with Gasteiger partial charge in [0.1, 0.15) is 0 Å². The third kappa shape index (κ3) is 8.30. The first-order valence-corrected chi connectivity index (χ1v) is 20.2. The first-order valence-electron chi connectivity index (χ1n) is 19.4. The molecular weight excluding hydrogens is 718 g/mol. The van der Waals surface area contributed by atoms with Crippen molar-refractivity contribution in [3.05, 3.63) is 160 Å². The standard InChI is InChI=1S/C52H58BrN/c1-49(2,3)37-29-39(53)33-41(30-37)54(40-27-28-43(47(34-40)52(10,11)12)42-25-19-20-26-46(42)51(7,8)9)48-44(35-21-15-13-16-22-35)31-38(50(4,5)6)32-45(48)36-23-17-14-18-24-36/h13-34H,1-12H3. The van der Waals surface area contributed by atoms with Crippen LogP contribution in [0, 0.1) is 0 Å². The van der Waals surface area contributed by atoms with Crippen LogP contribution in [0.25, 0.3) is 33.4 Å². The second kappa shape index (κ2) is 14.7. The Balaban J connectivity index is 1.79. The van der Waals surface area contributed by atoms with Crippen molar-refractivity contribution in [1.82, 2.24) is 0 Å². The van der Waals surface area contributed by atoms with Crippen molar-refractivity contribution in [3.63, 3.8) is 0 Å². The van der Waals surface area contributed by atoms with Crippen LogP contribution in [0.15, 0.2) is 138 Å². The van der Waals surface area contributed by atoms with Crippen molar-refractivity contribution in [2.45, 2.75) is 105 Å². The van der Waals surface area contributed by atoms with Crippen LogP contribution in [-0.4, -0.2) is 0 Å².